The molecule has 1 aliphatic carbocycles. The highest BCUT2D eigenvalue weighted by molar-refractivity contribution is 5.92. The lowest BCUT2D eigenvalue weighted by Gasteiger charge is -2.26. The monoisotopic (exact) mass is 384 g/mol. The van der Waals surface area contributed by atoms with E-state index in [1.165, 1.54) is 12.8 Å². The Hall–Kier alpha value is -2.60. The summed E-state index contributed by atoms with van der Waals surface area (Å²) in [5.41, 5.74) is 1.65. The second-order valence-corrected chi connectivity index (χ2v) is 7.26. The van der Waals surface area contributed by atoms with E-state index in [1.54, 1.807) is 37.7 Å². The number of methoxy groups -OCH3 is 1. The molecule has 0 saturated heterocycles. The van der Waals surface area contributed by atoms with Crippen molar-refractivity contribution in [1.29, 1.82) is 0 Å². The molecule has 28 heavy (non-hydrogen) atoms. The van der Waals surface area contributed by atoms with Crippen molar-refractivity contribution in [3.8, 4) is 11.5 Å². The summed E-state index contributed by atoms with van der Waals surface area (Å²) in [4.78, 5) is 16.3. The second kappa shape index (κ2) is 10.1. The topological polar surface area (TPSA) is 69.7 Å². The van der Waals surface area contributed by atoms with E-state index in [1.807, 2.05) is 12.1 Å². The molecule has 1 aromatic carbocycles. The Bertz CT molecular complexity index is 766. The molecule has 3 rings (SSSR count). The number of anilines is 1. The first-order valence-electron chi connectivity index (χ1n) is 9.75. The molecule has 2 atom stereocenters. The molecule has 6 nitrogen and oxygen atoms in total. The zero-order valence-corrected chi connectivity index (χ0v) is 16.5. The van der Waals surface area contributed by atoms with Crippen molar-refractivity contribution in [2.75, 3.05) is 19.0 Å². The maximum absolute atomic E-state index is 12.3. The van der Waals surface area contributed by atoms with Gasteiger partial charge in [-0.05, 0) is 48.6 Å². The number of nitrogens with one attached hydrogen (secondary N) is 1. The summed E-state index contributed by atoms with van der Waals surface area (Å²) in [6.07, 6.45) is 8.11. The van der Waals surface area contributed by atoms with E-state index in [9.17, 15) is 4.79 Å². The number of ether oxygens (including phenoxy) is 3. The van der Waals surface area contributed by atoms with Crippen molar-refractivity contribution >= 4 is 11.6 Å². The van der Waals surface area contributed by atoms with E-state index in [4.69, 9.17) is 14.2 Å². The van der Waals surface area contributed by atoms with Gasteiger partial charge in [-0.1, -0.05) is 19.8 Å². The summed E-state index contributed by atoms with van der Waals surface area (Å²) in [6.45, 7) is 2.69. The number of hydrogen-bond acceptors (Lipinski definition) is 5. The lowest BCUT2D eigenvalue weighted by Crippen LogP contribution is -2.26. The van der Waals surface area contributed by atoms with Crippen molar-refractivity contribution in [2.24, 2.45) is 5.92 Å². The van der Waals surface area contributed by atoms with Gasteiger partial charge in [-0.15, -0.1) is 0 Å². The minimum absolute atomic E-state index is 0.0661. The van der Waals surface area contributed by atoms with E-state index in [0.29, 0.717) is 29.7 Å². The third-order valence-electron chi connectivity index (χ3n) is 4.93. The van der Waals surface area contributed by atoms with Crippen LogP contribution in [0.25, 0.3) is 0 Å². The van der Waals surface area contributed by atoms with Crippen molar-refractivity contribution in [1.82, 2.24) is 4.98 Å². The molecule has 6 heteroatoms. The number of pyridine rings is 1. The summed E-state index contributed by atoms with van der Waals surface area (Å²) in [6, 6.07) is 9.11. The van der Waals surface area contributed by atoms with E-state index < -0.39 is 0 Å². The molecule has 2 aromatic rings. The normalized spacial score (nSPS) is 19.1. The summed E-state index contributed by atoms with van der Waals surface area (Å²) in [5, 5.41) is 2.87. The Kier molecular flexibility index (Phi) is 7.25. The number of aromatic nitrogens is 1. The predicted molar refractivity (Wildman–Crippen MR) is 108 cm³/mol. The average molecular weight is 384 g/mol. The fraction of sp³-hybridized carbons (Fsp3) is 0.455. The third kappa shape index (κ3) is 5.96. The van der Waals surface area contributed by atoms with Gasteiger partial charge in [-0.3, -0.25) is 9.78 Å². The highest BCUT2D eigenvalue weighted by Crippen LogP contribution is 2.31. The highest BCUT2D eigenvalue weighted by Gasteiger charge is 2.20. The molecule has 0 bridgehead atoms. The van der Waals surface area contributed by atoms with Crippen molar-refractivity contribution in [3.05, 3.63) is 48.3 Å². The van der Waals surface area contributed by atoms with Crippen molar-refractivity contribution in [3.63, 3.8) is 0 Å². The molecule has 2 unspecified atom stereocenters. The zero-order valence-electron chi connectivity index (χ0n) is 16.5. The van der Waals surface area contributed by atoms with Crippen LogP contribution in [-0.4, -0.2) is 30.7 Å². The minimum Gasteiger partial charge on any atom is -0.493 e. The van der Waals surface area contributed by atoms with E-state index in [-0.39, 0.29) is 18.6 Å². The van der Waals surface area contributed by atoms with Gasteiger partial charge in [0.25, 0.3) is 0 Å². The third-order valence-corrected chi connectivity index (χ3v) is 4.93. The Morgan fingerprint density at radius 3 is 2.75 bits per heavy atom. The lowest BCUT2D eigenvalue weighted by atomic mass is 9.89. The van der Waals surface area contributed by atoms with Crippen LogP contribution >= 0.6 is 0 Å². The summed E-state index contributed by atoms with van der Waals surface area (Å²) < 4.78 is 17.0. The Morgan fingerprint density at radius 2 is 2.00 bits per heavy atom. The fourth-order valence-corrected chi connectivity index (χ4v) is 3.43. The van der Waals surface area contributed by atoms with Crippen LogP contribution in [-0.2, 0) is 16.1 Å². The Balaban J connectivity index is 1.55. The number of amides is 1. The Labute approximate surface area is 166 Å². The summed E-state index contributed by atoms with van der Waals surface area (Å²) >= 11 is 0. The molecule has 1 aliphatic rings. The summed E-state index contributed by atoms with van der Waals surface area (Å²) in [7, 11) is 1.59. The average Bonchev–Trinajstić information content (AvgIpc) is 2.72. The van der Waals surface area contributed by atoms with Crippen LogP contribution < -0.4 is 14.8 Å². The molecular formula is C22H28N2O4. The molecular weight excluding hydrogens is 356 g/mol. The van der Waals surface area contributed by atoms with Gasteiger partial charge in [0.2, 0.25) is 5.91 Å². The predicted octanol–water partition coefficient (Wildman–Crippen LogP) is 4.20. The minimum atomic E-state index is -0.163. The molecule has 0 radical (unpaired) electrons. The first-order valence-corrected chi connectivity index (χ1v) is 9.75. The van der Waals surface area contributed by atoms with Gasteiger partial charge in [0, 0.05) is 24.1 Å². The zero-order chi connectivity index (χ0) is 19.8. The smallest absolute Gasteiger partial charge is 0.250 e. The molecule has 1 saturated carbocycles. The van der Waals surface area contributed by atoms with E-state index in [0.717, 1.165) is 18.4 Å². The van der Waals surface area contributed by atoms with Crippen LogP contribution in [0.15, 0.2) is 42.7 Å². The van der Waals surface area contributed by atoms with Gasteiger partial charge in [0.15, 0.2) is 11.5 Å². The van der Waals surface area contributed by atoms with Gasteiger partial charge in [-0.25, -0.2) is 0 Å². The van der Waals surface area contributed by atoms with Crippen LogP contribution in [0.1, 0.15) is 38.2 Å². The standard InChI is InChI=1S/C22H28N2O4/c1-16-4-3-5-19(12-16)27-15-22(25)24-18-6-7-20(26-2)21(13-18)28-14-17-8-10-23-11-9-17/h6-11,13,16,19H,3-5,12,14-15H2,1-2H3,(H,24,25). The number of hydrogen-bond donors (Lipinski definition) is 1. The van der Waals surface area contributed by atoms with Gasteiger partial charge in [0.1, 0.15) is 13.2 Å². The number of benzene rings is 1. The molecule has 1 aromatic heterocycles. The first kappa shape index (κ1) is 20.1. The molecule has 1 fully saturated rings. The van der Waals surface area contributed by atoms with Crippen LogP contribution in [0, 0.1) is 5.92 Å². The Morgan fingerprint density at radius 1 is 1.18 bits per heavy atom. The van der Waals surface area contributed by atoms with Gasteiger partial charge >= 0.3 is 0 Å². The lowest BCUT2D eigenvalue weighted by molar-refractivity contribution is -0.123. The van der Waals surface area contributed by atoms with Gasteiger partial charge in [-0.2, -0.15) is 0 Å². The molecule has 0 spiro atoms. The van der Waals surface area contributed by atoms with Crippen LogP contribution in [0.3, 0.4) is 0 Å². The van der Waals surface area contributed by atoms with Crippen molar-refractivity contribution in [2.45, 2.75) is 45.3 Å². The quantitative estimate of drug-likeness (QED) is 0.739. The molecule has 0 aliphatic heterocycles. The number of carbonyl (C=O) groups is 1. The van der Waals surface area contributed by atoms with E-state index >= 15 is 0 Å². The van der Waals surface area contributed by atoms with E-state index in [2.05, 4.69) is 17.2 Å². The molecule has 150 valence electrons. The molecule has 1 heterocycles. The highest BCUT2D eigenvalue weighted by atomic mass is 16.5. The van der Waals surface area contributed by atoms with Gasteiger partial charge < -0.3 is 19.5 Å². The number of nitrogens with zero attached hydrogens (tertiary/aromatic N) is 1. The van der Waals surface area contributed by atoms with Crippen LogP contribution in [0.2, 0.25) is 0 Å². The maximum Gasteiger partial charge on any atom is 0.250 e. The van der Waals surface area contributed by atoms with Crippen LogP contribution in [0.4, 0.5) is 5.69 Å². The van der Waals surface area contributed by atoms with Crippen LogP contribution in [0.5, 0.6) is 11.5 Å². The second-order valence-electron chi connectivity index (χ2n) is 7.26. The largest absolute Gasteiger partial charge is 0.493 e. The maximum atomic E-state index is 12.3. The van der Waals surface area contributed by atoms with Gasteiger partial charge in [0.05, 0.1) is 13.2 Å². The number of rotatable bonds is 8. The summed E-state index contributed by atoms with van der Waals surface area (Å²) in [5.74, 6) is 1.69. The SMILES string of the molecule is COc1ccc(NC(=O)COC2CCCC(C)C2)cc1OCc1ccncc1. The first-order chi connectivity index (χ1) is 13.6. The molecule has 1 N–H and O–H groups in total. The molecule has 1 amide bonds. The fourth-order valence-electron chi connectivity index (χ4n) is 3.43. The van der Waals surface area contributed by atoms with Crippen molar-refractivity contribution < 1.29 is 19.0 Å². The number of carbonyl (C=O) groups excluding carboxylic acids is 1.